The van der Waals surface area contributed by atoms with Crippen LogP contribution < -0.4 is 86.4 Å². The van der Waals surface area contributed by atoms with E-state index in [1.807, 2.05) is 0 Å². The van der Waals surface area contributed by atoms with Crippen molar-refractivity contribution in [3.05, 3.63) is 95.2 Å². The van der Waals surface area contributed by atoms with Gasteiger partial charge in [-0.25, -0.2) is 0 Å². The normalized spacial score (nSPS) is 18.5. The minimum Gasteiger partial charge on any atom is -0.493 e. The first-order chi connectivity index (χ1) is 47.9. The first-order valence-electron chi connectivity index (χ1n) is 31.3. The number of carbonyl (C=O) groups excluding carboxylic acids is 4. The molecule has 33 nitrogen and oxygen atoms in total. The Morgan fingerprint density at radius 1 is 0.396 bits per heavy atom. The molecule has 0 heterocycles. The molecule has 0 fully saturated rings. The topological polar surface area (TPSA) is 430 Å². The molecular formula is C70H107N6NaO27S2. The maximum Gasteiger partial charge on any atom is 1.00 e. The number of benzene rings is 4. The van der Waals surface area contributed by atoms with E-state index in [1.165, 1.54) is 96.6 Å². The molecule has 1 N–H and O–H groups in total. The number of methoxy groups -OCH3 is 12. The molecule has 4 aromatic carbocycles. The van der Waals surface area contributed by atoms with Gasteiger partial charge in [-0.1, -0.05) is 34.8 Å². The van der Waals surface area contributed by atoms with Crippen molar-refractivity contribution in [3.63, 3.8) is 0 Å². The molecule has 36 heteroatoms. The van der Waals surface area contributed by atoms with Gasteiger partial charge in [-0.05, 0) is 87.6 Å². The molecule has 0 amide bonds. The molecule has 4 aromatic rings. The van der Waals surface area contributed by atoms with E-state index >= 15 is 0 Å². The molecule has 0 spiro atoms. The van der Waals surface area contributed by atoms with E-state index in [2.05, 4.69) is 10.0 Å². The summed E-state index contributed by atoms with van der Waals surface area (Å²) < 4.78 is 143. The van der Waals surface area contributed by atoms with E-state index in [1.54, 1.807) is 45.6 Å². The number of hydrogen-bond acceptors (Lipinski definition) is 28. The Kier molecular flexibility index (Phi) is 44.7. The second kappa shape index (κ2) is 47.4. The fraction of sp³-hybridized carbons (Fsp3) is 0.600. The largest absolute Gasteiger partial charge is 1.00 e. The Morgan fingerprint density at radius 3 is 0.858 bits per heavy atom. The van der Waals surface area contributed by atoms with E-state index < -0.39 is 80.9 Å². The molecule has 106 heavy (non-hydrogen) atoms. The predicted octanol–water partition coefficient (Wildman–Crippen LogP) is 9.76. The summed E-state index contributed by atoms with van der Waals surface area (Å²) in [5.41, 5.74) is 28.5. The summed E-state index contributed by atoms with van der Waals surface area (Å²) >= 11 is 0. The molecule has 0 radical (unpaired) electrons. The molecular weight excluding hydrogens is 1440 g/mol. The third-order valence-electron chi connectivity index (χ3n) is 16.1. The van der Waals surface area contributed by atoms with Gasteiger partial charge in [0.1, 0.15) is 24.4 Å². The van der Waals surface area contributed by atoms with Crippen LogP contribution in [-0.2, 0) is 92.4 Å². The van der Waals surface area contributed by atoms with Gasteiger partial charge in [0, 0.05) is 102 Å². The van der Waals surface area contributed by atoms with Crippen LogP contribution in [0.4, 0.5) is 0 Å². The quantitative estimate of drug-likeness (QED) is 0.0118. The van der Waals surface area contributed by atoms with Crippen LogP contribution in [-0.4, -0.2) is 168 Å². The summed E-state index contributed by atoms with van der Waals surface area (Å²) in [5.74, 6) is 4.01. The number of hydrogen-bond donors (Lipinski definition) is 1. The number of fused-ring (bicyclic) bond motifs is 4. The number of nitrogens with zero attached hydrogens (tertiary/aromatic N) is 6. The van der Waals surface area contributed by atoms with E-state index in [-0.39, 0.29) is 84.1 Å². The molecule has 8 rings (SSSR count). The van der Waals surface area contributed by atoms with Crippen molar-refractivity contribution in [1.82, 2.24) is 0 Å². The standard InChI is InChI=1S/2C17H24O8S.C16H21N3O5.C16H22O6.4CH4.N3.Na/c2*1-10(18)24-14-8-11(25-26(5,19)20)6-7-12-13(14)9-15(21-2)17(23-4)16(12)22-3;1-9(20)24-13-7-10(18-19-17)5-6-11-12(13)8-14(21-2)16(23-4)15(11)22-3;1-9(17)22-13-7-10(18)5-6-11-12(13)8-14(19-2)16(21-4)15(11)20-3;;;;;1-3-2;/h2*9,11,14H,6-8H2,1-5H3;8,10,13H,5-7H2,1-4H3;8,10,13,18H,5-7H2,1-4H3;4*1H4;;/q;;;;;;;;-1;+1/t2*11-,14?;2*10-,13?;;;;;;/m0010....../s1. The van der Waals surface area contributed by atoms with Gasteiger partial charge in [-0.15, -0.1) is 0 Å². The maximum absolute atomic E-state index is 11.6. The van der Waals surface area contributed by atoms with Crippen LogP contribution in [0, 0.1) is 0 Å². The molecule has 592 valence electrons. The molecule has 0 saturated carbocycles. The number of aliphatic hydroxyl groups is 1. The SMILES string of the molecule is C.C.C.C.COc1cc2c(c(OC)c1OC)CC[C@@H](N=[N+]=[N-])CC2OC(C)=O.COc1cc2c(c(OC)c1OC)CC[C@H](O)CC2OC(C)=O.COc1cc2c(c(OC)c1OC)CC[C@H](OS(C)(=O)=O)CC2OC(C)=O.COc1cc2c(c(OC)c1OC)CC[C@H](OS(C)(=O)=O)CC2OC(C)=O.[N-]=[N+]=[N-].[Na+]. The van der Waals surface area contributed by atoms with Gasteiger partial charge >= 0.3 is 53.4 Å². The molecule has 8 atom stereocenters. The smallest absolute Gasteiger partial charge is 0.493 e. The Morgan fingerprint density at radius 2 is 0.632 bits per heavy atom. The number of aliphatic hydroxyl groups excluding tert-OH is 1. The van der Waals surface area contributed by atoms with Crippen LogP contribution in [0.2, 0.25) is 0 Å². The number of esters is 4. The average molecular weight is 1550 g/mol. The Balaban J connectivity index is 0. The zero-order valence-corrected chi connectivity index (χ0v) is 64.6. The fourth-order valence-corrected chi connectivity index (χ4v) is 13.7. The predicted molar refractivity (Wildman–Crippen MR) is 390 cm³/mol. The monoisotopic (exact) mass is 1550 g/mol. The zero-order chi connectivity index (χ0) is 75.6. The van der Waals surface area contributed by atoms with Crippen molar-refractivity contribution in [1.29, 1.82) is 0 Å². The van der Waals surface area contributed by atoms with Gasteiger partial charge in [-0.2, -0.15) is 16.8 Å². The van der Waals surface area contributed by atoms with Crippen molar-refractivity contribution < 1.29 is 155 Å². The number of rotatable bonds is 21. The van der Waals surface area contributed by atoms with Crippen molar-refractivity contribution in [2.24, 2.45) is 5.11 Å². The first kappa shape index (κ1) is 99.8. The number of carbonyl (C=O) groups is 4. The Bertz CT molecular complexity index is 3720. The molecule has 0 bridgehead atoms. The number of azide groups is 1. The van der Waals surface area contributed by atoms with E-state index in [9.17, 15) is 41.1 Å². The first-order valence-corrected chi connectivity index (χ1v) is 34.9. The van der Waals surface area contributed by atoms with Crippen molar-refractivity contribution >= 4 is 44.1 Å². The third kappa shape index (κ3) is 27.5. The van der Waals surface area contributed by atoms with E-state index in [0.717, 1.165) is 45.9 Å². The number of ether oxygens (including phenoxy) is 16. The van der Waals surface area contributed by atoms with Gasteiger partial charge in [-0.3, -0.25) is 32.5 Å². The summed E-state index contributed by atoms with van der Waals surface area (Å²) in [7, 11) is 11.0. The van der Waals surface area contributed by atoms with Crippen LogP contribution in [0.25, 0.3) is 26.4 Å². The average Bonchev–Trinajstić information content (AvgIpc) is 1.41. The fourth-order valence-electron chi connectivity index (χ4n) is 12.4. The molecule has 0 saturated heterocycles. The molecule has 4 aliphatic rings. The van der Waals surface area contributed by atoms with E-state index in [4.69, 9.17) is 101 Å². The molecule has 0 aliphatic heterocycles. The zero-order valence-electron chi connectivity index (χ0n) is 61.0. The maximum atomic E-state index is 11.6. The van der Waals surface area contributed by atoms with Gasteiger partial charge < -0.3 is 92.0 Å². The summed E-state index contributed by atoms with van der Waals surface area (Å²) in [6.45, 7) is 5.31. The van der Waals surface area contributed by atoms with Crippen LogP contribution in [0.15, 0.2) is 29.4 Å². The molecule has 4 aliphatic carbocycles. The summed E-state index contributed by atoms with van der Waals surface area (Å²) in [6.07, 6.45) is 3.13. The van der Waals surface area contributed by atoms with Crippen molar-refractivity contribution in [2.45, 2.75) is 183 Å². The second-order valence-electron chi connectivity index (χ2n) is 22.8. The third-order valence-corrected chi connectivity index (χ3v) is 17.4. The summed E-state index contributed by atoms with van der Waals surface area (Å²) in [4.78, 5) is 50.5. The van der Waals surface area contributed by atoms with Crippen molar-refractivity contribution in [2.75, 3.05) is 97.8 Å². The van der Waals surface area contributed by atoms with Gasteiger partial charge in [0.25, 0.3) is 20.2 Å². The van der Waals surface area contributed by atoms with E-state index in [0.29, 0.717) is 144 Å². The van der Waals surface area contributed by atoms with Crippen LogP contribution in [0.3, 0.4) is 0 Å². The van der Waals surface area contributed by atoms with Crippen LogP contribution >= 0.6 is 0 Å². The van der Waals surface area contributed by atoms with Crippen LogP contribution in [0.5, 0.6) is 69.0 Å². The minimum absolute atomic E-state index is 0. The van der Waals surface area contributed by atoms with Gasteiger partial charge in [0.15, 0.2) is 46.0 Å². The van der Waals surface area contributed by atoms with Gasteiger partial charge in [0.2, 0.25) is 23.0 Å². The van der Waals surface area contributed by atoms with Gasteiger partial charge in [0.05, 0.1) is 116 Å². The molecule has 4 unspecified atom stereocenters. The van der Waals surface area contributed by atoms with Crippen LogP contribution in [0.1, 0.15) is 178 Å². The molecule has 0 aromatic heterocycles. The summed E-state index contributed by atoms with van der Waals surface area (Å²) in [5, 5.41) is 13.9. The Labute approximate surface area is 645 Å². The Hall–Kier alpha value is -8.24. The van der Waals surface area contributed by atoms with Crippen molar-refractivity contribution in [3.8, 4) is 69.0 Å². The second-order valence-corrected chi connectivity index (χ2v) is 26.0. The summed E-state index contributed by atoms with van der Waals surface area (Å²) in [6, 6.07) is 6.78. The minimum atomic E-state index is -3.64.